The first-order valence-electron chi connectivity index (χ1n) is 9.73. The topological polar surface area (TPSA) is 83.7 Å². The van der Waals surface area contributed by atoms with E-state index >= 15 is 0 Å². The molecule has 5 rings (SSSR count). The van der Waals surface area contributed by atoms with Gasteiger partial charge in [-0.2, -0.15) is 5.10 Å². The average Bonchev–Trinajstić information content (AvgIpc) is 3.28. The second-order valence-corrected chi connectivity index (χ2v) is 8.73. The molecule has 0 amide bonds. The Labute approximate surface area is 173 Å². The third kappa shape index (κ3) is 2.86. The molecule has 2 fully saturated rings. The maximum Gasteiger partial charge on any atom is 0.177 e. The lowest BCUT2D eigenvalue weighted by Crippen LogP contribution is -2.47. The van der Waals surface area contributed by atoms with E-state index in [1.165, 1.54) is 12.8 Å². The smallest absolute Gasteiger partial charge is 0.177 e. The van der Waals surface area contributed by atoms with Gasteiger partial charge in [0.05, 0.1) is 16.2 Å². The van der Waals surface area contributed by atoms with Crippen molar-refractivity contribution < 1.29 is 0 Å². The molecular weight excluding hydrogens is 395 g/mol. The van der Waals surface area contributed by atoms with Crippen molar-refractivity contribution in [2.24, 2.45) is 11.1 Å². The number of anilines is 1. The SMILES string of the molecule is NC1CCCC12CCN(c1cnc3c(-c4cccc(Cl)c4Cl)n[nH]c3n1)CC2. The number of H-pyrrole nitrogens is 1. The number of hydrogen-bond acceptors (Lipinski definition) is 5. The van der Waals surface area contributed by atoms with Crippen LogP contribution in [-0.2, 0) is 0 Å². The Morgan fingerprint density at radius 3 is 2.75 bits per heavy atom. The van der Waals surface area contributed by atoms with E-state index in [1.807, 2.05) is 18.3 Å². The van der Waals surface area contributed by atoms with Crippen LogP contribution in [0.25, 0.3) is 22.4 Å². The van der Waals surface area contributed by atoms with Crippen molar-refractivity contribution in [1.82, 2.24) is 20.2 Å². The Bertz CT molecular complexity index is 1020. The molecule has 2 aromatic heterocycles. The summed E-state index contributed by atoms with van der Waals surface area (Å²) in [5.74, 6) is 0.876. The molecule has 1 saturated heterocycles. The van der Waals surface area contributed by atoms with Crippen LogP contribution in [0.5, 0.6) is 0 Å². The second-order valence-electron chi connectivity index (χ2n) is 7.95. The predicted octanol–water partition coefficient (Wildman–Crippen LogP) is 4.42. The van der Waals surface area contributed by atoms with Gasteiger partial charge in [-0.25, -0.2) is 9.97 Å². The summed E-state index contributed by atoms with van der Waals surface area (Å²) >= 11 is 12.5. The van der Waals surface area contributed by atoms with Crippen molar-refractivity contribution in [2.75, 3.05) is 18.0 Å². The molecule has 1 atom stereocenters. The maximum atomic E-state index is 6.40. The summed E-state index contributed by atoms with van der Waals surface area (Å²) in [6.07, 6.45) is 7.76. The van der Waals surface area contributed by atoms with Crippen LogP contribution in [-0.4, -0.2) is 39.3 Å². The number of benzene rings is 1. The molecular formula is C20H22Cl2N6. The van der Waals surface area contributed by atoms with Crippen LogP contribution >= 0.6 is 23.2 Å². The molecule has 2 aliphatic rings. The summed E-state index contributed by atoms with van der Waals surface area (Å²) in [4.78, 5) is 11.7. The van der Waals surface area contributed by atoms with E-state index in [9.17, 15) is 0 Å². The Balaban J connectivity index is 1.42. The number of rotatable bonds is 2. The van der Waals surface area contributed by atoms with Gasteiger partial charge in [0.1, 0.15) is 17.0 Å². The normalized spacial score (nSPS) is 21.7. The molecule has 1 aromatic carbocycles. The number of halogens is 2. The molecule has 3 N–H and O–H groups in total. The number of piperidine rings is 1. The fourth-order valence-electron chi connectivity index (χ4n) is 4.79. The summed E-state index contributed by atoms with van der Waals surface area (Å²) in [5, 5.41) is 8.35. The lowest BCUT2D eigenvalue weighted by atomic mass is 9.74. The first-order chi connectivity index (χ1) is 13.6. The molecule has 1 aliphatic carbocycles. The molecule has 1 saturated carbocycles. The van der Waals surface area contributed by atoms with Gasteiger partial charge >= 0.3 is 0 Å². The number of fused-ring (bicyclic) bond motifs is 1. The van der Waals surface area contributed by atoms with Crippen molar-refractivity contribution >= 4 is 40.2 Å². The van der Waals surface area contributed by atoms with Crippen molar-refractivity contribution in [2.45, 2.75) is 38.1 Å². The third-order valence-electron chi connectivity index (χ3n) is 6.52. The summed E-state index contributed by atoms with van der Waals surface area (Å²) in [6.45, 7) is 1.93. The highest BCUT2D eigenvalue weighted by molar-refractivity contribution is 6.43. The predicted molar refractivity (Wildman–Crippen MR) is 113 cm³/mol. The van der Waals surface area contributed by atoms with E-state index in [0.717, 1.165) is 43.7 Å². The van der Waals surface area contributed by atoms with Crippen molar-refractivity contribution in [1.29, 1.82) is 0 Å². The van der Waals surface area contributed by atoms with Gasteiger partial charge in [-0.3, -0.25) is 5.10 Å². The molecule has 28 heavy (non-hydrogen) atoms. The van der Waals surface area contributed by atoms with Crippen LogP contribution in [0.3, 0.4) is 0 Å². The minimum Gasteiger partial charge on any atom is -0.355 e. The van der Waals surface area contributed by atoms with E-state index in [2.05, 4.69) is 20.1 Å². The van der Waals surface area contributed by atoms with E-state index in [4.69, 9.17) is 33.9 Å². The van der Waals surface area contributed by atoms with E-state index in [1.54, 1.807) is 6.07 Å². The molecule has 3 heterocycles. The van der Waals surface area contributed by atoms with Crippen LogP contribution in [0, 0.1) is 5.41 Å². The summed E-state index contributed by atoms with van der Waals surface area (Å²) in [6, 6.07) is 5.84. The van der Waals surface area contributed by atoms with Gasteiger partial charge in [0.2, 0.25) is 0 Å². The number of nitrogens with two attached hydrogens (primary N) is 1. The Morgan fingerprint density at radius 1 is 1.18 bits per heavy atom. The molecule has 3 aromatic rings. The van der Waals surface area contributed by atoms with Crippen molar-refractivity contribution in [3.05, 3.63) is 34.4 Å². The van der Waals surface area contributed by atoms with Gasteiger partial charge in [0.25, 0.3) is 0 Å². The molecule has 6 nitrogen and oxygen atoms in total. The standard InChI is InChI=1S/C20H22Cl2N6/c21-13-4-1-3-12(16(13)22)17-18-19(27-26-17)25-15(11-24-18)28-9-7-20(8-10-28)6-2-5-14(20)23/h1,3-4,11,14H,2,5-10,23H2,(H,25,26,27). The summed E-state index contributed by atoms with van der Waals surface area (Å²) in [7, 11) is 0. The first kappa shape index (κ1) is 18.2. The summed E-state index contributed by atoms with van der Waals surface area (Å²) < 4.78 is 0. The molecule has 146 valence electrons. The molecule has 1 spiro atoms. The molecule has 0 bridgehead atoms. The fourth-order valence-corrected chi connectivity index (χ4v) is 5.18. The van der Waals surface area contributed by atoms with E-state index in [0.29, 0.717) is 38.4 Å². The number of aromatic amines is 1. The molecule has 8 heteroatoms. The number of aromatic nitrogens is 4. The fraction of sp³-hybridized carbons (Fsp3) is 0.450. The van der Waals surface area contributed by atoms with Crippen LogP contribution < -0.4 is 10.6 Å². The van der Waals surface area contributed by atoms with Gasteiger partial charge in [0, 0.05) is 24.7 Å². The van der Waals surface area contributed by atoms with Crippen molar-refractivity contribution in [3.63, 3.8) is 0 Å². The highest BCUT2D eigenvalue weighted by atomic mass is 35.5. The highest BCUT2D eigenvalue weighted by Crippen LogP contribution is 2.46. The number of hydrogen-bond donors (Lipinski definition) is 2. The van der Waals surface area contributed by atoms with Gasteiger partial charge < -0.3 is 10.6 Å². The van der Waals surface area contributed by atoms with Crippen molar-refractivity contribution in [3.8, 4) is 11.3 Å². The average molecular weight is 417 g/mol. The molecule has 1 unspecified atom stereocenters. The van der Waals surface area contributed by atoms with Crippen LogP contribution in [0.15, 0.2) is 24.4 Å². The Morgan fingerprint density at radius 2 is 2.00 bits per heavy atom. The molecule has 0 radical (unpaired) electrons. The zero-order chi connectivity index (χ0) is 19.3. The highest BCUT2D eigenvalue weighted by Gasteiger charge is 2.43. The zero-order valence-electron chi connectivity index (χ0n) is 15.5. The second kappa shape index (κ2) is 6.87. The van der Waals surface area contributed by atoms with Gasteiger partial charge in [-0.1, -0.05) is 41.8 Å². The molecule has 1 aliphatic heterocycles. The van der Waals surface area contributed by atoms with Gasteiger partial charge in [-0.15, -0.1) is 0 Å². The van der Waals surface area contributed by atoms with Crippen LogP contribution in [0.4, 0.5) is 5.82 Å². The van der Waals surface area contributed by atoms with Gasteiger partial charge in [0.15, 0.2) is 5.65 Å². The minimum absolute atomic E-state index is 0.332. The zero-order valence-corrected chi connectivity index (χ0v) is 17.0. The summed E-state index contributed by atoms with van der Waals surface area (Å²) in [5.41, 5.74) is 9.49. The first-order valence-corrected chi connectivity index (χ1v) is 10.5. The lowest BCUT2D eigenvalue weighted by molar-refractivity contribution is 0.197. The van der Waals surface area contributed by atoms with E-state index < -0.39 is 0 Å². The largest absolute Gasteiger partial charge is 0.355 e. The van der Waals surface area contributed by atoms with Crippen LogP contribution in [0.2, 0.25) is 10.0 Å². The monoisotopic (exact) mass is 416 g/mol. The number of nitrogens with zero attached hydrogens (tertiary/aromatic N) is 4. The number of nitrogens with one attached hydrogen (secondary N) is 1. The maximum absolute atomic E-state index is 6.40. The van der Waals surface area contributed by atoms with E-state index in [-0.39, 0.29) is 0 Å². The Hall–Kier alpha value is -1.89. The van der Waals surface area contributed by atoms with Crippen LogP contribution in [0.1, 0.15) is 32.1 Å². The minimum atomic E-state index is 0.332. The lowest BCUT2D eigenvalue weighted by Gasteiger charge is -2.42. The third-order valence-corrected chi connectivity index (χ3v) is 7.34. The Kier molecular flexibility index (Phi) is 4.45. The quantitative estimate of drug-likeness (QED) is 0.645. The van der Waals surface area contributed by atoms with Gasteiger partial charge in [-0.05, 0) is 37.2 Å².